The second-order valence-corrected chi connectivity index (χ2v) is 10.4. The number of carbonyl (C=O) groups is 2. The lowest BCUT2D eigenvalue weighted by Gasteiger charge is -2.38. The number of hydrogen-bond donors (Lipinski definition) is 0. The average molecular weight is 519 g/mol. The number of rotatable bonds is 11. The van der Waals surface area contributed by atoms with Gasteiger partial charge < -0.3 is 14.2 Å². The number of carbonyl (C=O) groups excluding carboxylic acids is 2. The Kier molecular flexibility index (Phi) is 8.95. The lowest BCUT2D eigenvalue weighted by Crippen LogP contribution is -2.41. The van der Waals surface area contributed by atoms with Gasteiger partial charge in [-0.15, -0.1) is 0 Å². The van der Waals surface area contributed by atoms with E-state index in [-0.39, 0.29) is 22.8 Å². The van der Waals surface area contributed by atoms with Crippen LogP contribution in [0.1, 0.15) is 72.7 Å². The molecular formula is C32H35FO5. The molecular weight excluding hydrogens is 483 g/mol. The van der Waals surface area contributed by atoms with Crippen molar-refractivity contribution in [2.24, 2.45) is 5.41 Å². The highest BCUT2D eigenvalue weighted by Gasteiger charge is 2.33. The maximum atomic E-state index is 14.7. The Morgan fingerprint density at radius 1 is 0.895 bits per heavy atom. The van der Waals surface area contributed by atoms with Gasteiger partial charge >= 0.3 is 11.9 Å². The molecule has 0 radical (unpaired) electrons. The minimum atomic E-state index is -0.787. The van der Waals surface area contributed by atoms with Crippen LogP contribution in [0.15, 0.2) is 66.7 Å². The predicted molar refractivity (Wildman–Crippen MR) is 145 cm³/mol. The lowest BCUT2D eigenvalue weighted by atomic mass is 9.82. The molecule has 1 saturated heterocycles. The zero-order chi connectivity index (χ0) is 27.1. The normalized spacial score (nSPS) is 14.1. The number of ether oxygens (including phenoxy) is 3. The van der Waals surface area contributed by atoms with Gasteiger partial charge in [-0.2, -0.15) is 0 Å². The molecule has 0 aromatic heterocycles. The minimum Gasteiger partial charge on any atom is -0.459 e. The molecule has 1 heterocycles. The third-order valence-electron chi connectivity index (χ3n) is 6.81. The van der Waals surface area contributed by atoms with Crippen LogP contribution in [-0.2, 0) is 15.9 Å². The van der Waals surface area contributed by atoms with Crippen LogP contribution in [0.4, 0.5) is 4.39 Å². The Labute approximate surface area is 223 Å². The van der Waals surface area contributed by atoms with E-state index in [4.69, 9.17) is 14.2 Å². The van der Waals surface area contributed by atoms with Crippen LogP contribution in [0.25, 0.3) is 11.1 Å². The van der Waals surface area contributed by atoms with Crippen molar-refractivity contribution in [2.75, 3.05) is 13.2 Å². The van der Waals surface area contributed by atoms with E-state index in [0.29, 0.717) is 5.56 Å². The monoisotopic (exact) mass is 518 g/mol. The van der Waals surface area contributed by atoms with Gasteiger partial charge in [0.1, 0.15) is 17.7 Å². The maximum Gasteiger partial charge on any atom is 0.343 e. The van der Waals surface area contributed by atoms with Crippen LogP contribution in [0, 0.1) is 11.2 Å². The number of benzene rings is 3. The molecule has 0 amide bonds. The fourth-order valence-electron chi connectivity index (χ4n) is 4.67. The van der Waals surface area contributed by atoms with Gasteiger partial charge in [0.05, 0.1) is 24.3 Å². The van der Waals surface area contributed by atoms with Gasteiger partial charge in [0.25, 0.3) is 0 Å². The Hall–Kier alpha value is -3.51. The topological polar surface area (TPSA) is 61.8 Å². The molecule has 1 aliphatic rings. The summed E-state index contributed by atoms with van der Waals surface area (Å²) >= 11 is 0. The molecule has 1 aliphatic heterocycles. The van der Waals surface area contributed by atoms with Gasteiger partial charge in [0.2, 0.25) is 0 Å². The van der Waals surface area contributed by atoms with Crippen molar-refractivity contribution in [2.45, 2.75) is 59.0 Å². The summed E-state index contributed by atoms with van der Waals surface area (Å²) in [5, 5.41) is 0. The fourth-order valence-corrected chi connectivity index (χ4v) is 4.67. The highest BCUT2D eigenvalue weighted by molar-refractivity contribution is 5.92. The van der Waals surface area contributed by atoms with Crippen LogP contribution >= 0.6 is 0 Å². The van der Waals surface area contributed by atoms with Crippen LogP contribution < -0.4 is 4.74 Å². The molecule has 0 aliphatic carbocycles. The summed E-state index contributed by atoms with van der Waals surface area (Å²) in [4.78, 5) is 25.1. The van der Waals surface area contributed by atoms with Crippen molar-refractivity contribution < 1.29 is 28.2 Å². The molecule has 1 fully saturated rings. The second-order valence-electron chi connectivity index (χ2n) is 10.4. The van der Waals surface area contributed by atoms with Crippen molar-refractivity contribution in [1.29, 1.82) is 0 Å². The Morgan fingerprint density at radius 3 is 2.03 bits per heavy atom. The summed E-state index contributed by atoms with van der Waals surface area (Å²) < 4.78 is 30.8. The smallest absolute Gasteiger partial charge is 0.343 e. The Balaban J connectivity index is 1.36. The third-order valence-corrected chi connectivity index (χ3v) is 6.81. The van der Waals surface area contributed by atoms with E-state index in [1.54, 1.807) is 12.1 Å². The van der Waals surface area contributed by atoms with Crippen molar-refractivity contribution >= 4 is 11.9 Å². The van der Waals surface area contributed by atoms with Gasteiger partial charge in [-0.3, -0.25) is 0 Å². The summed E-state index contributed by atoms with van der Waals surface area (Å²) in [6.07, 6.45) is 3.96. The van der Waals surface area contributed by atoms with Crippen molar-refractivity contribution in [1.82, 2.24) is 0 Å². The van der Waals surface area contributed by atoms with Gasteiger partial charge in [-0.25, -0.2) is 14.0 Å². The van der Waals surface area contributed by atoms with Crippen molar-refractivity contribution in [3.8, 4) is 16.9 Å². The SMILES string of the molecule is CCCC(CCC)OC(=O)c1ccc(OC(=O)c2ccc(-c3ccc(CC4(C)COC4)cc3)cc2)cc1F. The molecule has 0 N–H and O–H groups in total. The second kappa shape index (κ2) is 12.4. The first kappa shape index (κ1) is 27.5. The first-order valence-electron chi connectivity index (χ1n) is 13.3. The van der Waals surface area contributed by atoms with E-state index in [2.05, 4.69) is 31.2 Å². The number of halogens is 1. The third kappa shape index (κ3) is 6.87. The largest absolute Gasteiger partial charge is 0.459 e. The first-order valence-corrected chi connectivity index (χ1v) is 13.3. The van der Waals surface area contributed by atoms with E-state index in [9.17, 15) is 14.0 Å². The van der Waals surface area contributed by atoms with Crippen LogP contribution in [0.2, 0.25) is 0 Å². The van der Waals surface area contributed by atoms with E-state index in [1.807, 2.05) is 26.0 Å². The molecule has 0 spiro atoms. The highest BCUT2D eigenvalue weighted by Crippen LogP contribution is 2.31. The molecule has 5 nitrogen and oxygen atoms in total. The molecule has 6 heteroatoms. The van der Waals surface area contributed by atoms with Gasteiger partial charge in [-0.1, -0.05) is 70.0 Å². The first-order chi connectivity index (χ1) is 18.3. The molecule has 0 saturated carbocycles. The van der Waals surface area contributed by atoms with E-state index >= 15 is 0 Å². The molecule has 4 rings (SSSR count). The van der Waals surface area contributed by atoms with E-state index in [1.165, 1.54) is 17.7 Å². The molecule has 200 valence electrons. The van der Waals surface area contributed by atoms with Crippen LogP contribution in [0.5, 0.6) is 5.75 Å². The van der Waals surface area contributed by atoms with E-state index < -0.39 is 17.8 Å². The summed E-state index contributed by atoms with van der Waals surface area (Å²) in [5.74, 6) is -2.08. The molecule has 38 heavy (non-hydrogen) atoms. The molecule has 3 aromatic rings. The predicted octanol–water partition coefficient (Wildman–Crippen LogP) is 7.42. The zero-order valence-corrected chi connectivity index (χ0v) is 22.3. The summed E-state index contributed by atoms with van der Waals surface area (Å²) in [5.41, 5.74) is 3.69. The summed E-state index contributed by atoms with van der Waals surface area (Å²) in [6.45, 7) is 7.86. The van der Waals surface area contributed by atoms with Gasteiger partial charge in [0.15, 0.2) is 0 Å². The van der Waals surface area contributed by atoms with Gasteiger partial charge in [-0.05, 0) is 60.2 Å². The number of hydrogen-bond acceptors (Lipinski definition) is 5. The number of esters is 2. The highest BCUT2D eigenvalue weighted by atomic mass is 19.1. The average Bonchev–Trinajstić information content (AvgIpc) is 2.88. The molecule has 0 unspecified atom stereocenters. The van der Waals surface area contributed by atoms with E-state index in [0.717, 1.165) is 62.5 Å². The summed E-state index contributed by atoms with van der Waals surface area (Å²) in [7, 11) is 0. The Bertz CT molecular complexity index is 1240. The minimum absolute atomic E-state index is 0.0212. The van der Waals surface area contributed by atoms with Crippen LogP contribution in [-0.4, -0.2) is 31.3 Å². The van der Waals surface area contributed by atoms with Crippen molar-refractivity contribution in [3.05, 3.63) is 89.2 Å². The lowest BCUT2D eigenvalue weighted by molar-refractivity contribution is -0.100. The molecule has 3 aromatic carbocycles. The molecule has 0 bridgehead atoms. The molecule has 0 atom stereocenters. The van der Waals surface area contributed by atoms with Crippen molar-refractivity contribution in [3.63, 3.8) is 0 Å². The summed E-state index contributed by atoms with van der Waals surface area (Å²) in [6, 6.07) is 19.2. The standard InChI is InChI=1S/C32H35FO5/c1-4-6-26(7-5-2)37-31(35)28-17-16-27(18-29(28)33)38-30(34)25-14-12-24(13-15-25)23-10-8-22(9-11-23)19-32(3)20-36-21-32/h8-18,26H,4-7,19-21H2,1-3H3. The quantitative estimate of drug-likeness (QED) is 0.195. The van der Waals surface area contributed by atoms with Gasteiger partial charge in [0, 0.05) is 11.5 Å². The maximum absolute atomic E-state index is 14.7. The van der Waals surface area contributed by atoms with Crippen LogP contribution in [0.3, 0.4) is 0 Å². The Morgan fingerprint density at radius 2 is 1.50 bits per heavy atom. The zero-order valence-electron chi connectivity index (χ0n) is 22.3. The fraction of sp³-hybridized carbons (Fsp3) is 0.375.